The Labute approximate surface area is 127 Å². The van der Waals surface area contributed by atoms with E-state index in [2.05, 4.69) is 11.4 Å². The molecule has 0 unspecified atom stereocenters. The van der Waals surface area contributed by atoms with E-state index in [-0.39, 0.29) is 5.69 Å². The van der Waals surface area contributed by atoms with Crippen LogP contribution in [0.4, 0.5) is 17.1 Å². The summed E-state index contributed by atoms with van der Waals surface area (Å²) in [5, 5.41) is 14.5. The Morgan fingerprint density at radius 1 is 1.19 bits per heavy atom. The minimum atomic E-state index is -0.414. The van der Waals surface area contributed by atoms with Crippen LogP contribution in [0.25, 0.3) is 0 Å². The number of nitro groups is 1. The fourth-order valence-electron chi connectivity index (χ4n) is 2.47. The lowest BCUT2D eigenvalue weighted by Gasteiger charge is -2.21. The highest BCUT2D eigenvalue weighted by Crippen LogP contribution is 2.29. The molecule has 0 spiro atoms. The monoisotopic (exact) mass is 299 g/mol. The van der Waals surface area contributed by atoms with Crippen LogP contribution in [0.2, 0.25) is 0 Å². The molecule has 6 heteroatoms. The number of thiocarbonyl (C=S) groups is 1. The van der Waals surface area contributed by atoms with Crippen LogP contribution in [0, 0.1) is 10.1 Å². The molecule has 5 nitrogen and oxygen atoms in total. The van der Waals surface area contributed by atoms with Crippen LogP contribution < -0.4 is 10.2 Å². The molecule has 0 saturated heterocycles. The third-order valence-electron chi connectivity index (χ3n) is 3.47. The maximum Gasteiger partial charge on any atom is 0.292 e. The summed E-state index contributed by atoms with van der Waals surface area (Å²) in [5.41, 5.74) is 2.74. The highest BCUT2D eigenvalue weighted by Gasteiger charge is 2.23. The molecule has 106 valence electrons. The lowest BCUT2D eigenvalue weighted by atomic mass is 10.2. The van der Waals surface area contributed by atoms with Gasteiger partial charge in [-0.25, -0.2) is 0 Å². The molecule has 1 heterocycles. The molecule has 1 aliphatic heterocycles. The van der Waals surface area contributed by atoms with Crippen LogP contribution in [-0.2, 0) is 6.42 Å². The molecule has 0 amide bonds. The van der Waals surface area contributed by atoms with E-state index in [9.17, 15) is 10.1 Å². The van der Waals surface area contributed by atoms with Gasteiger partial charge in [-0.3, -0.25) is 10.1 Å². The summed E-state index contributed by atoms with van der Waals surface area (Å²) >= 11 is 5.41. The van der Waals surface area contributed by atoms with Crippen LogP contribution >= 0.6 is 12.2 Å². The minimum absolute atomic E-state index is 0.0207. The van der Waals surface area contributed by atoms with Gasteiger partial charge < -0.3 is 10.2 Å². The van der Waals surface area contributed by atoms with Gasteiger partial charge in [-0.05, 0) is 36.3 Å². The van der Waals surface area contributed by atoms with E-state index < -0.39 is 4.92 Å². The molecule has 21 heavy (non-hydrogen) atoms. The third-order valence-corrected chi connectivity index (χ3v) is 3.80. The number of rotatable bonds is 2. The van der Waals surface area contributed by atoms with Gasteiger partial charge in [0, 0.05) is 18.3 Å². The number of anilines is 2. The molecule has 0 fully saturated rings. The first-order chi connectivity index (χ1) is 10.2. The Bertz CT molecular complexity index is 718. The second-order valence-corrected chi connectivity index (χ2v) is 5.12. The fourth-order valence-corrected chi connectivity index (χ4v) is 2.77. The van der Waals surface area contributed by atoms with Gasteiger partial charge in [-0.2, -0.15) is 0 Å². The van der Waals surface area contributed by atoms with Crippen LogP contribution in [-0.4, -0.2) is 16.6 Å². The largest absolute Gasteiger partial charge is 0.327 e. The average Bonchev–Trinajstić information content (AvgIpc) is 2.91. The Hall–Kier alpha value is -2.47. The van der Waals surface area contributed by atoms with Gasteiger partial charge in [0.15, 0.2) is 5.11 Å². The van der Waals surface area contributed by atoms with Gasteiger partial charge in [-0.15, -0.1) is 0 Å². The van der Waals surface area contributed by atoms with E-state index in [1.54, 1.807) is 18.2 Å². The summed E-state index contributed by atoms with van der Waals surface area (Å²) in [7, 11) is 0. The van der Waals surface area contributed by atoms with Gasteiger partial charge in [0.05, 0.1) is 4.92 Å². The van der Waals surface area contributed by atoms with Crippen molar-refractivity contribution in [2.75, 3.05) is 16.8 Å². The van der Waals surface area contributed by atoms with Crippen LogP contribution in [0.1, 0.15) is 5.56 Å². The van der Waals surface area contributed by atoms with Crippen molar-refractivity contribution in [3.8, 4) is 0 Å². The van der Waals surface area contributed by atoms with Crippen molar-refractivity contribution < 1.29 is 4.92 Å². The van der Waals surface area contributed by atoms with E-state index in [0.29, 0.717) is 10.8 Å². The first-order valence-corrected chi connectivity index (χ1v) is 6.97. The van der Waals surface area contributed by atoms with Gasteiger partial charge >= 0.3 is 0 Å². The lowest BCUT2D eigenvalue weighted by molar-refractivity contribution is -0.383. The second kappa shape index (κ2) is 5.49. The molecular formula is C15H13N3O2S. The number of para-hydroxylation sites is 3. The molecule has 0 aliphatic carbocycles. The number of hydrogen-bond acceptors (Lipinski definition) is 3. The summed E-state index contributed by atoms with van der Waals surface area (Å²) in [5.74, 6) is 0. The van der Waals surface area contributed by atoms with Crippen molar-refractivity contribution in [1.29, 1.82) is 0 Å². The van der Waals surface area contributed by atoms with Crippen LogP contribution in [0.5, 0.6) is 0 Å². The van der Waals surface area contributed by atoms with Gasteiger partial charge in [0.1, 0.15) is 5.69 Å². The van der Waals surface area contributed by atoms with Crippen LogP contribution in [0.15, 0.2) is 48.5 Å². The van der Waals surface area contributed by atoms with Crippen molar-refractivity contribution in [2.24, 2.45) is 0 Å². The number of fused-ring (bicyclic) bond motifs is 1. The highest BCUT2D eigenvalue weighted by molar-refractivity contribution is 7.80. The van der Waals surface area contributed by atoms with E-state index in [1.165, 1.54) is 11.6 Å². The van der Waals surface area contributed by atoms with Gasteiger partial charge in [-0.1, -0.05) is 30.3 Å². The smallest absolute Gasteiger partial charge is 0.292 e. The quantitative estimate of drug-likeness (QED) is 0.523. The highest BCUT2D eigenvalue weighted by atomic mass is 32.1. The number of benzene rings is 2. The topological polar surface area (TPSA) is 58.4 Å². The lowest BCUT2D eigenvalue weighted by Crippen LogP contribution is -2.33. The number of nitro benzene ring substituents is 1. The molecule has 0 aromatic heterocycles. The van der Waals surface area contributed by atoms with E-state index in [0.717, 1.165) is 18.7 Å². The molecular weight excluding hydrogens is 286 g/mol. The van der Waals surface area contributed by atoms with Gasteiger partial charge in [0.25, 0.3) is 5.69 Å². The molecule has 0 radical (unpaired) electrons. The fraction of sp³-hybridized carbons (Fsp3) is 0.133. The maximum atomic E-state index is 11.0. The summed E-state index contributed by atoms with van der Waals surface area (Å²) in [4.78, 5) is 12.6. The normalized spacial score (nSPS) is 12.9. The standard InChI is InChI=1S/C15H13N3O2S/c19-18(20)14-8-4-2-6-12(14)16-15(21)17-10-9-11-5-1-3-7-13(11)17/h1-8H,9-10H2,(H,16,21). The van der Waals surface area contributed by atoms with Crippen LogP contribution in [0.3, 0.4) is 0 Å². The summed E-state index contributed by atoms with van der Waals surface area (Å²) in [6, 6.07) is 14.5. The SMILES string of the molecule is O=[N+]([O-])c1ccccc1NC(=S)N1CCc2ccccc21. The summed E-state index contributed by atoms with van der Waals surface area (Å²) < 4.78 is 0. The van der Waals surface area contributed by atoms with Gasteiger partial charge in [0.2, 0.25) is 0 Å². The molecule has 3 rings (SSSR count). The molecule has 2 aromatic carbocycles. The van der Waals surface area contributed by atoms with Crippen molar-refractivity contribution in [2.45, 2.75) is 6.42 Å². The van der Waals surface area contributed by atoms with Crippen molar-refractivity contribution in [3.05, 3.63) is 64.2 Å². The molecule has 1 N–H and O–H groups in total. The van der Waals surface area contributed by atoms with Crippen molar-refractivity contribution >= 4 is 34.4 Å². The number of nitrogens with one attached hydrogen (secondary N) is 1. The molecule has 0 saturated carbocycles. The van der Waals surface area contributed by atoms with Crippen molar-refractivity contribution in [1.82, 2.24) is 0 Å². The Balaban J connectivity index is 1.84. The third kappa shape index (κ3) is 2.57. The van der Waals surface area contributed by atoms with E-state index >= 15 is 0 Å². The number of nitrogens with zero attached hydrogens (tertiary/aromatic N) is 2. The Kier molecular flexibility index (Phi) is 3.53. The molecule has 1 aliphatic rings. The van der Waals surface area contributed by atoms with E-state index in [4.69, 9.17) is 12.2 Å². The molecule has 0 bridgehead atoms. The minimum Gasteiger partial charge on any atom is -0.327 e. The zero-order chi connectivity index (χ0) is 14.8. The molecule has 2 aromatic rings. The summed E-state index contributed by atoms with van der Waals surface area (Å²) in [6.07, 6.45) is 0.925. The first-order valence-electron chi connectivity index (χ1n) is 6.56. The first kappa shape index (κ1) is 13.5. The Morgan fingerprint density at radius 2 is 1.90 bits per heavy atom. The molecule has 0 atom stereocenters. The maximum absolute atomic E-state index is 11.0. The second-order valence-electron chi connectivity index (χ2n) is 4.73. The van der Waals surface area contributed by atoms with E-state index in [1.807, 2.05) is 23.1 Å². The summed E-state index contributed by atoms with van der Waals surface area (Å²) in [6.45, 7) is 0.784. The number of hydrogen-bond donors (Lipinski definition) is 1. The predicted octanol–water partition coefficient (Wildman–Crippen LogP) is 3.35. The zero-order valence-corrected chi connectivity index (χ0v) is 12.0. The predicted molar refractivity (Wildman–Crippen MR) is 86.8 cm³/mol. The Morgan fingerprint density at radius 3 is 2.71 bits per heavy atom. The average molecular weight is 299 g/mol. The zero-order valence-electron chi connectivity index (χ0n) is 11.2. The van der Waals surface area contributed by atoms with Crippen molar-refractivity contribution in [3.63, 3.8) is 0 Å².